The highest BCUT2D eigenvalue weighted by atomic mass is 16.2. The number of anilines is 1. The number of benzene rings is 1. The second kappa shape index (κ2) is 6.82. The fourth-order valence-electron chi connectivity index (χ4n) is 3.07. The lowest BCUT2D eigenvalue weighted by atomic mass is 9.91. The lowest BCUT2D eigenvalue weighted by Crippen LogP contribution is -2.41. The zero-order valence-corrected chi connectivity index (χ0v) is 13.7. The van der Waals surface area contributed by atoms with Crippen LogP contribution in [-0.4, -0.2) is 29.0 Å². The van der Waals surface area contributed by atoms with Gasteiger partial charge in [0.25, 0.3) is 0 Å². The van der Waals surface area contributed by atoms with Gasteiger partial charge in [-0.1, -0.05) is 30.3 Å². The van der Waals surface area contributed by atoms with E-state index in [4.69, 9.17) is 0 Å². The molecule has 2 amide bonds. The number of nitrogens with zero attached hydrogens (tertiary/aromatic N) is 2. The van der Waals surface area contributed by atoms with Crippen LogP contribution in [0, 0.1) is 13.8 Å². The Bertz CT molecular complexity index is 684. The summed E-state index contributed by atoms with van der Waals surface area (Å²) < 4.78 is 0. The van der Waals surface area contributed by atoms with Crippen LogP contribution in [0.25, 0.3) is 0 Å². The van der Waals surface area contributed by atoms with Crippen molar-refractivity contribution in [2.45, 2.75) is 32.6 Å². The SMILES string of the molecule is Cc1cc(NC(=O)N2CCCC(c3ccccc3)C2)cnc1C. The largest absolute Gasteiger partial charge is 0.324 e. The number of rotatable bonds is 2. The van der Waals surface area contributed by atoms with Gasteiger partial charge < -0.3 is 10.2 Å². The van der Waals surface area contributed by atoms with Crippen LogP contribution in [0.5, 0.6) is 0 Å². The first-order valence-electron chi connectivity index (χ1n) is 8.17. The fourth-order valence-corrected chi connectivity index (χ4v) is 3.07. The molecule has 3 rings (SSSR count). The topological polar surface area (TPSA) is 45.2 Å². The molecule has 0 spiro atoms. The molecule has 1 N–H and O–H groups in total. The van der Waals surface area contributed by atoms with Gasteiger partial charge in [0.1, 0.15) is 0 Å². The summed E-state index contributed by atoms with van der Waals surface area (Å²) in [5, 5.41) is 2.98. The van der Waals surface area contributed by atoms with Gasteiger partial charge in [-0.25, -0.2) is 4.79 Å². The van der Waals surface area contributed by atoms with Crippen molar-refractivity contribution in [3.05, 3.63) is 59.4 Å². The Kier molecular flexibility index (Phi) is 4.60. The molecular weight excluding hydrogens is 286 g/mol. The molecule has 1 fully saturated rings. The van der Waals surface area contributed by atoms with Crippen LogP contribution in [0.1, 0.15) is 35.6 Å². The number of amides is 2. The van der Waals surface area contributed by atoms with E-state index in [1.807, 2.05) is 30.9 Å². The van der Waals surface area contributed by atoms with Gasteiger partial charge >= 0.3 is 6.03 Å². The molecule has 1 atom stereocenters. The quantitative estimate of drug-likeness (QED) is 0.907. The second-order valence-corrected chi connectivity index (χ2v) is 6.25. The van der Waals surface area contributed by atoms with Gasteiger partial charge in [0.2, 0.25) is 0 Å². The molecule has 1 unspecified atom stereocenters. The Morgan fingerprint density at radius 2 is 2.04 bits per heavy atom. The van der Waals surface area contributed by atoms with Gasteiger partial charge in [0, 0.05) is 24.7 Å². The van der Waals surface area contributed by atoms with Gasteiger partial charge in [0.05, 0.1) is 11.9 Å². The highest BCUT2D eigenvalue weighted by molar-refractivity contribution is 5.89. The predicted molar refractivity (Wildman–Crippen MR) is 92.7 cm³/mol. The molecule has 23 heavy (non-hydrogen) atoms. The summed E-state index contributed by atoms with van der Waals surface area (Å²) in [5.41, 5.74) is 4.16. The smallest absolute Gasteiger partial charge is 0.321 e. The third-order valence-electron chi connectivity index (χ3n) is 4.57. The van der Waals surface area contributed by atoms with Gasteiger partial charge in [0.15, 0.2) is 0 Å². The summed E-state index contributed by atoms with van der Waals surface area (Å²) in [6.45, 7) is 5.56. The van der Waals surface area contributed by atoms with E-state index < -0.39 is 0 Å². The number of nitrogens with one attached hydrogen (secondary N) is 1. The second-order valence-electron chi connectivity index (χ2n) is 6.25. The summed E-state index contributed by atoms with van der Waals surface area (Å²) in [5.74, 6) is 0.425. The summed E-state index contributed by atoms with van der Waals surface area (Å²) in [6, 6.07) is 12.4. The molecule has 4 heteroatoms. The normalized spacial score (nSPS) is 17.8. The minimum absolute atomic E-state index is 0.0318. The lowest BCUT2D eigenvalue weighted by Gasteiger charge is -2.33. The molecule has 2 heterocycles. The molecule has 0 aliphatic carbocycles. The van der Waals surface area contributed by atoms with E-state index in [1.165, 1.54) is 5.56 Å². The van der Waals surface area contributed by atoms with Crippen molar-refractivity contribution in [1.82, 2.24) is 9.88 Å². The maximum atomic E-state index is 12.5. The van der Waals surface area contributed by atoms with Crippen LogP contribution in [0.15, 0.2) is 42.6 Å². The van der Waals surface area contributed by atoms with Crippen molar-refractivity contribution in [2.24, 2.45) is 0 Å². The highest BCUT2D eigenvalue weighted by Crippen LogP contribution is 2.27. The molecule has 0 radical (unpaired) electrons. The summed E-state index contributed by atoms with van der Waals surface area (Å²) in [4.78, 5) is 18.7. The van der Waals surface area contributed by atoms with Crippen molar-refractivity contribution in [2.75, 3.05) is 18.4 Å². The van der Waals surface area contributed by atoms with Crippen molar-refractivity contribution < 1.29 is 4.79 Å². The number of pyridine rings is 1. The zero-order chi connectivity index (χ0) is 16.2. The first-order valence-corrected chi connectivity index (χ1v) is 8.17. The average Bonchev–Trinajstić information content (AvgIpc) is 2.59. The van der Waals surface area contributed by atoms with Gasteiger partial charge in [-0.2, -0.15) is 0 Å². The number of carbonyl (C=O) groups excluding carboxylic acids is 1. The van der Waals surface area contributed by atoms with E-state index in [-0.39, 0.29) is 6.03 Å². The third-order valence-corrected chi connectivity index (χ3v) is 4.57. The third kappa shape index (κ3) is 3.70. The van der Waals surface area contributed by atoms with Crippen LogP contribution < -0.4 is 5.32 Å². The minimum Gasteiger partial charge on any atom is -0.324 e. The van der Waals surface area contributed by atoms with E-state index in [9.17, 15) is 4.79 Å². The monoisotopic (exact) mass is 309 g/mol. The Morgan fingerprint density at radius 3 is 2.78 bits per heavy atom. The number of hydrogen-bond acceptors (Lipinski definition) is 2. The lowest BCUT2D eigenvalue weighted by molar-refractivity contribution is 0.193. The summed E-state index contributed by atoms with van der Waals surface area (Å²) >= 11 is 0. The van der Waals surface area contributed by atoms with Crippen LogP contribution in [0.2, 0.25) is 0 Å². The molecule has 2 aromatic rings. The maximum Gasteiger partial charge on any atom is 0.321 e. The van der Waals surface area contributed by atoms with Crippen LogP contribution in [0.3, 0.4) is 0 Å². The number of carbonyl (C=O) groups is 1. The molecule has 1 aliphatic rings. The van der Waals surface area contributed by atoms with Gasteiger partial charge in [-0.3, -0.25) is 4.98 Å². The average molecular weight is 309 g/mol. The summed E-state index contributed by atoms with van der Waals surface area (Å²) in [6.07, 6.45) is 3.90. The van der Waals surface area contributed by atoms with Crippen molar-refractivity contribution in [1.29, 1.82) is 0 Å². The minimum atomic E-state index is -0.0318. The first-order chi connectivity index (χ1) is 11.1. The van der Waals surface area contributed by atoms with Crippen molar-refractivity contribution >= 4 is 11.7 Å². The molecule has 0 saturated carbocycles. The highest BCUT2D eigenvalue weighted by Gasteiger charge is 2.24. The molecule has 1 aromatic heterocycles. The van der Waals surface area contributed by atoms with Crippen LogP contribution in [-0.2, 0) is 0 Å². The van der Waals surface area contributed by atoms with Gasteiger partial charge in [-0.05, 0) is 43.9 Å². The van der Waals surface area contributed by atoms with E-state index in [2.05, 4.69) is 34.6 Å². The summed E-state index contributed by atoms with van der Waals surface area (Å²) in [7, 11) is 0. The van der Waals surface area contributed by atoms with Crippen LogP contribution in [0.4, 0.5) is 10.5 Å². The van der Waals surface area contributed by atoms with E-state index in [0.29, 0.717) is 5.92 Å². The maximum absolute atomic E-state index is 12.5. The number of urea groups is 1. The molecular formula is C19H23N3O. The van der Waals surface area contributed by atoms with Crippen molar-refractivity contribution in [3.8, 4) is 0 Å². The predicted octanol–water partition coefficient (Wildman–Crippen LogP) is 4.11. The van der Waals surface area contributed by atoms with E-state index >= 15 is 0 Å². The fraction of sp³-hybridized carbons (Fsp3) is 0.368. The van der Waals surface area contributed by atoms with Crippen molar-refractivity contribution in [3.63, 3.8) is 0 Å². The van der Waals surface area contributed by atoms with E-state index in [1.54, 1.807) is 6.20 Å². The molecule has 120 valence electrons. The molecule has 1 aromatic carbocycles. The Balaban J connectivity index is 1.66. The first kappa shape index (κ1) is 15.5. The number of piperidine rings is 1. The molecule has 0 bridgehead atoms. The standard InChI is InChI=1S/C19H23N3O/c1-14-11-18(12-20-15(14)2)21-19(23)22-10-6-9-17(13-22)16-7-4-3-5-8-16/h3-5,7-8,11-12,17H,6,9-10,13H2,1-2H3,(H,21,23). The molecule has 4 nitrogen and oxygen atoms in total. The number of aryl methyl sites for hydroxylation is 2. The molecule has 1 saturated heterocycles. The Morgan fingerprint density at radius 1 is 1.26 bits per heavy atom. The number of aromatic nitrogens is 1. The van der Waals surface area contributed by atoms with Gasteiger partial charge in [-0.15, -0.1) is 0 Å². The van der Waals surface area contributed by atoms with E-state index in [0.717, 1.165) is 42.9 Å². The number of likely N-dealkylation sites (tertiary alicyclic amines) is 1. The molecule has 1 aliphatic heterocycles. The Labute approximate surface area is 137 Å². The van der Waals surface area contributed by atoms with Crippen LogP contribution >= 0.6 is 0 Å². The Hall–Kier alpha value is -2.36. The zero-order valence-electron chi connectivity index (χ0n) is 13.7. The number of hydrogen-bond donors (Lipinski definition) is 1.